The summed E-state index contributed by atoms with van der Waals surface area (Å²) in [5.74, 6) is 0.688. The molecule has 0 amide bonds. The minimum atomic E-state index is -3.21. The lowest BCUT2D eigenvalue weighted by atomic mass is 10.1. The van der Waals surface area contributed by atoms with Crippen LogP contribution in [0, 0.1) is 0 Å². The lowest BCUT2D eigenvalue weighted by molar-refractivity contribution is -0.158. The number of aromatic nitrogens is 3. The molecule has 130 valence electrons. The molecule has 7 heteroatoms. The third-order valence-electron chi connectivity index (χ3n) is 3.48. The highest BCUT2D eigenvalue weighted by molar-refractivity contribution is 5.55. The molecule has 1 aromatic heterocycles. The van der Waals surface area contributed by atoms with Crippen molar-refractivity contribution in [3.63, 3.8) is 0 Å². The summed E-state index contributed by atoms with van der Waals surface area (Å²) in [6, 6.07) is 14.2. The zero-order valence-electron chi connectivity index (χ0n) is 13.9. The van der Waals surface area contributed by atoms with E-state index in [1.165, 1.54) is 17.7 Å². The standard InChI is InChI=1S/C18H18F2N4O/c1-18(19,20)25-16-9-7-15(8-10-16)24-12-22-17(23-24)14-5-3-13(4-6-14)11-21-2/h3-10,12,21H,11H2,1-2H3. The van der Waals surface area contributed by atoms with E-state index in [1.807, 2.05) is 31.3 Å². The topological polar surface area (TPSA) is 52.0 Å². The van der Waals surface area contributed by atoms with E-state index in [2.05, 4.69) is 20.1 Å². The van der Waals surface area contributed by atoms with Gasteiger partial charge in [0, 0.05) is 19.0 Å². The maximum atomic E-state index is 12.8. The van der Waals surface area contributed by atoms with Gasteiger partial charge in [-0.2, -0.15) is 8.78 Å². The van der Waals surface area contributed by atoms with E-state index in [1.54, 1.807) is 23.1 Å². The van der Waals surface area contributed by atoms with Crippen LogP contribution in [0.3, 0.4) is 0 Å². The Balaban J connectivity index is 1.76. The van der Waals surface area contributed by atoms with E-state index in [4.69, 9.17) is 0 Å². The Labute approximate surface area is 144 Å². The van der Waals surface area contributed by atoms with Gasteiger partial charge < -0.3 is 10.1 Å². The molecule has 2 aromatic carbocycles. The number of ether oxygens (including phenoxy) is 1. The largest absolute Gasteiger partial charge is 0.433 e. The van der Waals surface area contributed by atoms with Gasteiger partial charge in [-0.25, -0.2) is 9.67 Å². The number of hydrogen-bond donors (Lipinski definition) is 1. The molecule has 0 aliphatic rings. The number of nitrogens with zero attached hydrogens (tertiary/aromatic N) is 3. The lowest BCUT2D eigenvalue weighted by Gasteiger charge is -2.13. The van der Waals surface area contributed by atoms with E-state index in [0.29, 0.717) is 18.4 Å². The highest BCUT2D eigenvalue weighted by atomic mass is 19.3. The molecule has 25 heavy (non-hydrogen) atoms. The molecule has 0 atom stereocenters. The highest BCUT2D eigenvalue weighted by Crippen LogP contribution is 2.22. The first-order chi connectivity index (χ1) is 11.9. The maximum absolute atomic E-state index is 12.8. The molecule has 3 rings (SSSR count). The number of halogens is 2. The number of nitrogens with one attached hydrogen (secondary N) is 1. The fourth-order valence-corrected chi connectivity index (χ4v) is 2.37. The van der Waals surface area contributed by atoms with E-state index in [0.717, 1.165) is 12.1 Å². The molecule has 3 aromatic rings. The van der Waals surface area contributed by atoms with Crippen molar-refractivity contribution in [2.75, 3.05) is 7.05 Å². The summed E-state index contributed by atoms with van der Waals surface area (Å²) in [6.45, 7) is 1.50. The van der Waals surface area contributed by atoms with Crippen LogP contribution in [0.25, 0.3) is 17.1 Å². The number of benzene rings is 2. The molecule has 0 spiro atoms. The molecular weight excluding hydrogens is 326 g/mol. The van der Waals surface area contributed by atoms with Crippen LogP contribution in [0.4, 0.5) is 8.78 Å². The van der Waals surface area contributed by atoms with E-state index in [9.17, 15) is 8.78 Å². The Kier molecular flexibility index (Phi) is 4.76. The van der Waals surface area contributed by atoms with Crippen molar-refractivity contribution in [3.05, 3.63) is 60.4 Å². The normalized spacial score (nSPS) is 11.5. The predicted molar refractivity (Wildman–Crippen MR) is 90.8 cm³/mol. The fraction of sp³-hybridized carbons (Fsp3) is 0.222. The van der Waals surface area contributed by atoms with Gasteiger partial charge >= 0.3 is 6.11 Å². The third-order valence-corrected chi connectivity index (χ3v) is 3.48. The molecule has 0 radical (unpaired) electrons. The first kappa shape index (κ1) is 17.0. The van der Waals surface area contributed by atoms with Crippen LogP contribution in [0.1, 0.15) is 12.5 Å². The summed E-state index contributed by atoms with van der Waals surface area (Å²) < 4.78 is 31.8. The monoisotopic (exact) mass is 344 g/mol. The first-order valence-corrected chi connectivity index (χ1v) is 7.77. The van der Waals surface area contributed by atoms with Crippen LogP contribution in [-0.4, -0.2) is 27.9 Å². The van der Waals surface area contributed by atoms with E-state index >= 15 is 0 Å². The van der Waals surface area contributed by atoms with Gasteiger partial charge in [0.05, 0.1) is 5.69 Å². The van der Waals surface area contributed by atoms with Crippen LogP contribution in [-0.2, 0) is 6.54 Å². The maximum Gasteiger partial charge on any atom is 0.394 e. The van der Waals surface area contributed by atoms with Gasteiger partial charge in [0.2, 0.25) is 0 Å². The molecule has 1 heterocycles. The predicted octanol–water partition coefficient (Wildman–Crippen LogP) is 3.65. The Morgan fingerprint density at radius 1 is 1.08 bits per heavy atom. The average molecular weight is 344 g/mol. The third kappa shape index (κ3) is 4.39. The molecule has 0 bridgehead atoms. The van der Waals surface area contributed by atoms with Gasteiger partial charge in [0.15, 0.2) is 5.82 Å². The summed E-state index contributed by atoms with van der Waals surface area (Å²) in [4.78, 5) is 4.31. The molecule has 1 N–H and O–H groups in total. The van der Waals surface area contributed by atoms with Crippen LogP contribution >= 0.6 is 0 Å². The minimum Gasteiger partial charge on any atom is -0.433 e. The van der Waals surface area contributed by atoms with Gasteiger partial charge in [-0.1, -0.05) is 24.3 Å². The van der Waals surface area contributed by atoms with Crippen molar-refractivity contribution >= 4 is 0 Å². The SMILES string of the molecule is CNCc1ccc(-c2ncn(-c3ccc(OC(C)(F)F)cc3)n2)cc1. The molecule has 0 aliphatic heterocycles. The van der Waals surface area contributed by atoms with Gasteiger partial charge in [0.25, 0.3) is 0 Å². The quantitative estimate of drug-likeness (QED) is 0.742. The molecule has 0 fully saturated rings. The molecule has 0 unspecified atom stereocenters. The lowest BCUT2D eigenvalue weighted by Crippen LogP contribution is -2.19. The second-order valence-electron chi connectivity index (χ2n) is 5.64. The Bertz CT molecular complexity index is 824. The smallest absolute Gasteiger partial charge is 0.394 e. The van der Waals surface area contributed by atoms with Crippen molar-refractivity contribution < 1.29 is 13.5 Å². The summed E-state index contributed by atoms with van der Waals surface area (Å²) in [7, 11) is 1.90. The Hall–Kier alpha value is -2.80. The number of alkyl halides is 2. The van der Waals surface area contributed by atoms with Gasteiger partial charge in [0.1, 0.15) is 12.1 Å². The Morgan fingerprint density at radius 3 is 2.36 bits per heavy atom. The van der Waals surface area contributed by atoms with E-state index < -0.39 is 6.11 Å². The number of hydrogen-bond acceptors (Lipinski definition) is 4. The van der Waals surface area contributed by atoms with Crippen LogP contribution in [0.5, 0.6) is 5.75 Å². The molecule has 0 saturated carbocycles. The number of rotatable bonds is 6. The fourth-order valence-electron chi connectivity index (χ4n) is 2.37. The zero-order chi connectivity index (χ0) is 17.9. The van der Waals surface area contributed by atoms with Crippen LogP contribution in [0.15, 0.2) is 54.9 Å². The second-order valence-corrected chi connectivity index (χ2v) is 5.64. The van der Waals surface area contributed by atoms with Gasteiger partial charge in [-0.15, -0.1) is 5.10 Å². The first-order valence-electron chi connectivity index (χ1n) is 7.77. The van der Waals surface area contributed by atoms with Crippen LogP contribution in [0.2, 0.25) is 0 Å². The highest BCUT2D eigenvalue weighted by Gasteiger charge is 2.22. The molecular formula is C18H18F2N4O. The summed E-state index contributed by atoms with van der Waals surface area (Å²) >= 11 is 0. The van der Waals surface area contributed by atoms with Gasteiger partial charge in [-0.3, -0.25) is 0 Å². The average Bonchev–Trinajstić information content (AvgIpc) is 3.05. The summed E-state index contributed by atoms with van der Waals surface area (Å²) in [5.41, 5.74) is 2.79. The van der Waals surface area contributed by atoms with Crippen molar-refractivity contribution in [1.29, 1.82) is 0 Å². The minimum absolute atomic E-state index is 0.0942. The van der Waals surface area contributed by atoms with Crippen molar-refractivity contribution in [2.45, 2.75) is 19.6 Å². The summed E-state index contributed by atoms with van der Waals surface area (Å²) in [5, 5.41) is 7.53. The summed E-state index contributed by atoms with van der Waals surface area (Å²) in [6.07, 6.45) is -1.62. The van der Waals surface area contributed by atoms with E-state index in [-0.39, 0.29) is 5.75 Å². The van der Waals surface area contributed by atoms with Gasteiger partial charge in [-0.05, 0) is 36.9 Å². The van der Waals surface area contributed by atoms with Crippen LogP contribution < -0.4 is 10.1 Å². The molecule has 5 nitrogen and oxygen atoms in total. The Morgan fingerprint density at radius 2 is 1.76 bits per heavy atom. The second kappa shape index (κ2) is 6.98. The molecule has 0 aliphatic carbocycles. The van der Waals surface area contributed by atoms with Crippen molar-refractivity contribution in [1.82, 2.24) is 20.1 Å². The van der Waals surface area contributed by atoms with Crippen molar-refractivity contribution in [2.24, 2.45) is 0 Å². The molecule has 0 saturated heterocycles. The van der Waals surface area contributed by atoms with Crippen molar-refractivity contribution in [3.8, 4) is 22.8 Å². The zero-order valence-corrected chi connectivity index (χ0v) is 13.9.